The van der Waals surface area contributed by atoms with Crippen molar-refractivity contribution in [1.29, 1.82) is 0 Å². The van der Waals surface area contributed by atoms with Gasteiger partial charge in [-0.3, -0.25) is 4.79 Å². The fraction of sp³-hybridized carbons (Fsp3) is 0.0435. The summed E-state index contributed by atoms with van der Waals surface area (Å²) in [4.78, 5) is 16.9. The lowest BCUT2D eigenvalue weighted by Gasteiger charge is -2.10. The fourth-order valence-electron chi connectivity index (χ4n) is 2.87. The molecule has 0 spiro atoms. The summed E-state index contributed by atoms with van der Waals surface area (Å²) in [6.45, 7) is 0. The van der Waals surface area contributed by atoms with Crippen LogP contribution in [0.5, 0.6) is 0 Å². The van der Waals surface area contributed by atoms with E-state index in [0.717, 1.165) is 22.9 Å². The molecule has 4 aromatic rings. The van der Waals surface area contributed by atoms with E-state index in [2.05, 4.69) is 36.4 Å². The normalized spacial score (nSPS) is 10.6. The molecule has 31 heavy (non-hydrogen) atoms. The Morgan fingerprint density at radius 3 is 2.19 bits per heavy atom. The molecular weight excluding hydrogens is 479 g/mol. The van der Waals surface area contributed by atoms with Gasteiger partial charge in [0.15, 0.2) is 0 Å². The van der Waals surface area contributed by atoms with Crippen LogP contribution in [-0.2, 0) is 4.79 Å². The summed E-state index contributed by atoms with van der Waals surface area (Å²) >= 11 is 4.33. The number of carbonyl (C=O) groups is 1. The molecule has 0 saturated heterocycles. The SMILES string of the molecule is O=C(CSc1nnc(-c2ccccc2)c(-c2ccccc2)n1)Nc1ccc(Br)cc1F. The largest absolute Gasteiger partial charge is 0.323 e. The zero-order valence-corrected chi connectivity index (χ0v) is 18.5. The molecule has 1 heterocycles. The highest BCUT2D eigenvalue weighted by Crippen LogP contribution is 2.29. The minimum absolute atomic E-state index is 0.0239. The van der Waals surface area contributed by atoms with E-state index in [1.165, 1.54) is 12.1 Å². The first kappa shape index (κ1) is 21.1. The Balaban J connectivity index is 1.54. The Bertz CT molecular complexity index is 1210. The maximum absolute atomic E-state index is 13.9. The van der Waals surface area contributed by atoms with Crippen molar-refractivity contribution < 1.29 is 9.18 Å². The average molecular weight is 495 g/mol. The molecule has 3 aromatic carbocycles. The smallest absolute Gasteiger partial charge is 0.234 e. The van der Waals surface area contributed by atoms with Crippen LogP contribution in [0, 0.1) is 5.82 Å². The Labute approximate surface area is 191 Å². The molecule has 1 N–H and O–H groups in total. The third kappa shape index (κ3) is 5.34. The number of hydrogen-bond donors (Lipinski definition) is 1. The molecule has 1 amide bonds. The predicted molar refractivity (Wildman–Crippen MR) is 124 cm³/mol. The van der Waals surface area contributed by atoms with E-state index in [1.807, 2.05) is 60.7 Å². The van der Waals surface area contributed by atoms with E-state index in [1.54, 1.807) is 6.07 Å². The van der Waals surface area contributed by atoms with Gasteiger partial charge in [-0.15, -0.1) is 10.2 Å². The highest BCUT2D eigenvalue weighted by Gasteiger charge is 2.15. The number of aromatic nitrogens is 3. The fourth-order valence-corrected chi connectivity index (χ4v) is 3.79. The zero-order chi connectivity index (χ0) is 21.6. The van der Waals surface area contributed by atoms with E-state index in [0.29, 0.717) is 21.0 Å². The van der Waals surface area contributed by atoms with Gasteiger partial charge in [0.2, 0.25) is 11.1 Å². The van der Waals surface area contributed by atoms with Gasteiger partial charge in [-0.25, -0.2) is 9.37 Å². The molecule has 0 aliphatic heterocycles. The Morgan fingerprint density at radius 2 is 1.55 bits per heavy atom. The van der Waals surface area contributed by atoms with Crippen molar-refractivity contribution in [3.8, 4) is 22.5 Å². The third-order valence-corrected chi connectivity index (χ3v) is 5.63. The first-order valence-corrected chi connectivity index (χ1v) is 11.1. The first-order valence-electron chi connectivity index (χ1n) is 9.33. The molecule has 0 radical (unpaired) electrons. The van der Waals surface area contributed by atoms with E-state index in [4.69, 9.17) is 0 Å². The second-order valence-corrected chi connectivity index (χ2v) is 8.34. The number of amides is 1. The van der Waals surface area contributed by atoms with Gasteiger partial charge >= 0.3 is 0 Å². The molecule has 4 rings (SSSR count). The van der Waals surface area contributed by atoms with Crippen LogP contribution in [0.1, 0.15) is 0 Å². The highest BCUT2D eigenvalue weighted by atomic mass is 79.9. The molecule has 0 fully saturated rings. The minimum atomic E-state index is -0.510. The average Bonchev–Trinajstić information content (AvgIpc) is 2.80. The summed E-state index contributed by atoms with van der Waals surface area (Å²) in [7, 11) is 0. The van der Waals surface area contributed by atoms with Crippen molar-refractivity contribution in [2.75, 3.05) is 11.1 Å². The Kier molecular flexibility index (Phi) is 6.69. The number of benzene rings is 3. The van der Waals surface area contributed by atoms with Gasteiger partial charge in [0, 0.05) is 15.6 Å². The van der Waals surface area contributed by atoms with Crippen molar-refractivity contribution >= 4 is 39.3 Å². The van der Waals surface area contributed by atoms with E-state index >= 15 is 0 Å². The van der Waals surface area contributed by atoms with E-state index in [-0.39, 0.29) is 17.3 Å². The molecule has 5 nitrogen and oxygen atoms in total. The summed E-state index contributed by atoms with van der Waals surface area (Å²) in [5.41, 5.74) is 3.28. The van der Waals surface area contributed by atoms with E-state index < -0.39 is 5.82 Å². The summed E-state index contributed by atoms with van der Waals surface area (Å²) in [5, 5.41) is 11.5. The van der Waals surface area contributed by atoms with Crippen LogP contribution in [-0.4, -0.2) is 26.8 Å². The van der Waals surface area contributed by atoms with Gasteiger partial charge in [-0.2, -0.15) is 0 Å². The van der Waals surface area contributed by atoms with Crippen LogP contribution in [0.3, 0.4) is 0 Å². The van der Waals surface area contributed by atoms with Gasteiger partial charge in [-0.05, 0) is 18.2 Å². The molecule has 0 unspecified atom stereocenters. The molecular formula is C23H16BrFN4OS. The summed E-state index contributed by atoms with van der Waals surface area (Å²) in [6.07, 6.45) is 0. The Hall–Kier alpha value is -3.10. The first-order chi connectivity index (χ1) is 15.1. The highest BCUT2D eigenvalue weighted by molar-refractivity contribution is 9.10. The lowest BCUT2D eigenvalue weighted by atomic mass is 10.0. The summed E-state index contributed by atoms with van der Waals surface area (Å²) < 4.78 is 14.5. The van der Waals surface area contributed by atoms with Crippen molar-refractivity contribution in [2.45, 2.75) is 5.16 Å². The van der Waals surface area contributed by atoms with Gasteiger partial charge in [0.25, 0.3) is 0 Å². The minimum Gasteiger partial charge on any atom is -0.323 e. The molecule has 0 atom stereocenters. The maximum atomic E-state index is 13.9. The topological polar surface area (TPSA) is 67.8 Å². The predicted octanol–water partition coefficient (Wildman–Crippen LogP) is 5.84. The van der Waals surface area contributed by atoms with Gasteiger partial charge < -0.3 is 5.32 Å². The van der Waals surface area contributed by atoms with Crippen molar-refractivity contribution in [3.05, 3.63) is 89.2 Å². The zero-order valence-electron chi connectivity index (χ0n) is 16.1. The molecule has 154 valence electrons. The number of anilines is 1. The lowest BCUT2D eigenvalue weighted by Crippen LogP contribution is -2.15. The molecule has 0 aliphatic carbocycles. The molecule has 1 aromatic heterocycles. The van der Waals surface area contributed by atoms with Crippen LogP contribution in [0.4, 0.5) is 10.1 Å². The number of nitrogens with zero attached hydrogens (tertiary/aromatic N) is 3. The number of hydrogen-bond acceptors (Lipinski definition) is 5. The monoisotopic (exact) mass is 494 g/mol. The number of thioether (sulfide) groups is 1. The van der Waals surface area contributed by atoms with Crippen molar-refractivity contribution in [3.63, 3.8) is 0 Å². The number of nitrogens with one attached hydrogen (secondary N) is 1. The number of carbonyl (C=O) groups excluding carboxylic acids is 1. The van der Waals surface area contributed by atoms with Gasteiger partial charge in [0.1, 0.15) is 17.2 Å². The van der Waals surface area contributed by atoms with Crippen LogP contribution in [0.15, 0.2) is 88.5 Å². The van der Waals surface area contributed by atoms with Crippen LogP contribution in [0.25, 0.3) is 22.5 Å². The van der Waals surface area contributed by atoms with Crippen LogP contribution < -0.4 is 5.32 Å². The van der Waals surface area contributed by atoms with Gasteiger partial charge in [-0.1, -0.05) is 88.4 Å². The second kappa shape index (κ2) is 9.80. The summed E-state index contributed by atoms with van der Waals surface area (Å²) in [5.74, 6) is -0.844. The van der Waals surface area contributed by atoms with E-state index in [9.17, 15) is 9.18 Å². The summed E-state index contributed by atoms with van der Waals surface area (Å²) in [6, 6.07) is 23.8. The van der Waals surface area contributed by atoms with Crippen molar-refractivity contribution in [1.82, 2.24) is 15.2 Å². The van der Waals surface area contributed by atoms with Crippen LogP contribution >= 0.6 is 27.7 Å². The molecule has 0 aliphatic rings. The number of halogens is 2. The number of rotatable bonds is 6. The van der Waals surface area contributed by atoms with Crippen LogP contribution in [0.2, 0.25) is 0 Å². The Morgan fingerprint density at radius 1 is 0.903 bits per heavy atom. The lowest BCUT2D eigenvalue weighted by molar-refractivity contribution is -0.113. The molecule has 0 bridgehead atoms. The second-order valence-electron chi connectivity index (χ2n) is 6.48. The van der Waals surface area contributed by atoms with Crippen molar-refractivity contribution in [2.24, 2.45) is 0 Å². The quantitative estimate of drug-likeness (QED) is 0.341. The standard InChI is InChI=1S/C23H16BrFN4OS/c24-17-11-12-19(18(25)13-17)26-20(30)14-31-23-27-21(15-7-3-1-4-8-15)22(28-29-23)16-9-5-2-6-10-16/h1-13H,14H2,(H,26,30). The molecule has 8 heteroatoms. The van der Waals surface area contributed by atoms with Gasteiger partial charge in [0.05, 0.1) is 11.4 Å². The maximum Gasteiger partial charge on any atom is 0.234 e. The third-order valence-electron chi connectivity index (χ3n) is 4.30. The molecule has 0 saturated carbocycles.